The van der Waals surface area contributed by atoms with Crippen LogP contribution >= 0.6 is 27.5 Å². The van der Waals surface area contributed by atoms with Gasteiger partial charge in [-0.15, -0.1) is 11.6 Å². The van der Waals surface area contributed by atoms with Crippen molar-refractivity contribution in [3.8, 4) is 5.75 Å². The van der Waals surface area contributed by atoms with E-state index in [0.29, 0.717) is 24.0 Å². The SMILES string of the molecule is O=C(c1ccc(Br)cc1O)N(CCCl)C1CC1. The first-order valence-electron chi connectivity index (χ1n) is 5.49. The van der Waals surface area contributed by atoms with Gasteiger partial charge in [0.05, 0.1) is 5.56 Å². The predicted octanol–water partition coefficient (Wildman–Crippen LogP) is 3.00. The minimum Gasteiger partial charge on any atom is -0.507 e. The molecule has 92 valence electrons. The molecule has 3 nitrogen and oxygen atoms in total. The van der Waals surface area contributed by atoms with Gasteiger partial charge in [-0.3, -0.25) is 4.79 Å². The first kappa shape index (κ1) is 12.7. The molecular weight excluding hydrogens is 305 g/mol. The molecule has 1 aliphatic carbocycles. The highest BCUT2D eigenvalue weighted by molar-refractivity contribution is 9.10. The molecule has 0 spiro atoms. The van der Waals surface area contributed by atoms with Gasteiger partial charge in [-0.2, -0.15) is 0 Å². The summed E-state index contributed by atoms with van der Waals surface area (Å²) in [4.78, 5) is 14.0. The number of benzene rings is 1. The van der Waals surface area contributed by atoms with Gasteiger partial charge in [-0.25, -0.2) is 0 Å². The van der Waals surface area contributed by atoms with Crippen molar-refractivity contribution < 1.29 is 9.90 Å². The van der Waals surface area contributed by atoms with Crippen LogP contribution < -0.4 is 0 Å². The summed E-state index contributed by atoms with van der Waals surface area (Å²) in [5, 5.41) is 9.77. The summed E-state index contributed by atoms with van der Waals surface area (Å²) < 4.78 is 0.752. The van der Waals surface area contributed by atoms with Crippen LogP contribution in [0.15, 0.2) is 22.7 Å². The first-order chi connectivity index (χ1) is 8.13. The van der Waals surface area contributed by atoms with Crippen LogP contribution in [0.2, 0.25) is 0 Å². The minimum absolute atomic E-state index is 0.00426. The molecule has 0 saturated heterocycles. The number of rotatable bonds is 4. The van der Waals surface area contributed by atoms with Gasteiger partial charge < -0.3 is 10.0 Å². The zero-order valence-electron chi connectivity index (χ0n) is 9.20. The van der Waals surface area contributed by atoms with Crippen LogP contribution in [0.4, 0.5) is 0 Å². The number of hydrogen-bond donors (Lipinski definition) is 1. The third-order valence-corrected chi connectivity index (χ3v) is 3.43. The summed E-state index contributed by atoms with van der Waals surface area (Å²) in [5.41, 5.74) is 0.338. The Morgan fingerprint density at radius 3 is 2.76 bits per heavy atom. The van der Waals surface area contributed by atoms with Crippen molar-refractivity contribution in [1.82, 2.24) is 4.90 Å². The van der Waals surface area contributed by atoms with Crippen molar-refractivity contribution in [3.05, 3.63) is 28.2 Å². The summed E-state index contributed by atoms with van der Waals surface area (Å²) in [6.07, 6.45) is 2.06. The van der Waals surface area contributed by atoms with Gasteiger partial charge in [0, 0.05) is 22.9 Å². The van der Waals surface area contributed by atoms with E-state index in [4.69, 9.17) is 11.6 Å². The van der Waals surface area contributed by atoms with Crippen LogP contribution in [0, 0.1) is 0 Å². The van der Waals surface area contributed by atoms with E-state index >= 15 is 0 Å². The number of phenolic OH excluding ortho intramolecular Hbond substituents is 1. The Kier molecular flexibility index (Phi) is 3.94. The number of nitrogens with zero attached hydrogens (tertiary/aromatic N) is 1. The molecular formula is C12H13BrClNO2. The lowest BCUT2D eigenvalue weighted by Gasteiger charge is -2.21. The maximum atomic E-state index is 12.2. The van der Waals surface area contributed by atoms with E-state index in [1.807, 2.05) is 0 Å². The quantitative estimate of drug-likeness (QED) is 0.867. The van der Waals surface area contributed by atoms with E-state index in [1.54, 1.807) is 17.0 Å². The van der Waals surface area contributed by atoms with Crippen molar-refractivity contribution in [2.75, 3.05) is 12.4 Å². The number of alkyl halides is 1. The molecule has 1 saturated carbocycles. The van der Waals surface area contributed by atoms with E-state index in [9.17, 15) is 9.90 Å². The van der Waals surface area contributed by atoms with Crippen LogP contribution in [-0.4, -0.2) is 34.4 Å². The Morgan fingerprint density at radius 2 is 2.24 bits per heavy atom. The Hall–Kier alpha value is -0.740. The first-order valence-corrected chi connectivity index (χ1v) is 6.81. The van der Waals surface area contributed by atoms with Crippen molar-refractivity contribution in [1.29, 1.82) is 0 Å². The Morgan fingerprint density at radius 1 is 1.53 bits per heavy atom. The highest BCUT2D eigenvalue weighted by Crippen LogP contribution is 2.30. The second-order valence-electron chi connectivity index (χ2n) is 4.08. The molecule has 1 N–H and O–H groups in total. The van der Waals surface area contributed by atoms with E-state index < -0.39 is 0 Å². The summed E-state index contributed by atoms with van der Waals surface area (Å²) >= 11 is 8.95. The summed E-state index contributed by atoms with van der Waals surface area (Å²) in [7, 11) is 0. The average Bonchev–Trinajstić information content (AvgIpc) is 3.09. The Bertz CT molecular complexity index is 435. The molecule has 0 heterocycles. The maximum absolute atomic E-state index is 12.2. The van der Waals surface area contributed by atoms with Crippen LogP contribution in [0.1, 0.15) is 23.2 Å². The Labute approximate surface area is 114 Å². The Balaban J connectivity index is 2.22. The van der Waals surface area contributed by atoms with Crippen molar-refractivity contribution in [3.63, 3.8) is 0 Å². The smallest absolute Gasteiger partial charge is 0.257 e. The third kappa shape index (κ3) is 2.93. The van der Waals surface area contributed by atoms with E-state index in [-0.39, 0.29) is 11.7 Å². The summed E-state index contributed by atoms with van der Waals surface area (Å²) in [5.74, 6) is 0.280. The van der Waals surface area contributed by atoms with Crippen LogP contribution in [0.25, 0.3) is 0 Å². The molecule has 0 aliphatic heterocycles. The summed E-state index contributed by atoms with van der Waals surface area (Å²) in [6, 6.07) is 5.20. The van der Waals surface area contributed by atoms with Gasteiger partial charge in [-0.1, -0.05) is 15.9 Å². The molecule has 0 atom stereocenters. The number of halogens is 2. The van der Waals surface area contributed by atoms with E-state index in [2.05, 4.69) is 15.9 Å². The zero-order chi connectivity index (χ0) is 12.4. The lowest BCUT2D eigenvalue weighted by molar-refractivity contribution is 0.0750. The van der Waals surface area contributed by atoms with Gasteiger partial charge >= 0.3 is 0 Å². The number of aromatic hydroxyl groups is 1. The van der Waals surface area contributed by atoms with Gasteiger partial charge in [0.25, 0.3) is 5.91 Å². The highest BCUT2D eigenvalue weighted by Gasteiger charge is 2.33. The lowest BCUT2D eigenvalue weighted by atomic mass is 10.1. The maximum Gasteiger partial charge on any atom is 0.257 e. The fourth-order valence-corrected chi connectivity index (χ4v) is 2.30. The van der Waals surface area contributed by atoms with Crippen LogP contribution in [0.5, 0.6) is 5.75 Å². The van der Waals surface area contributed by atoms with Crippen molar-refractivity contribution in [2.45, 2.75) is 18.9 Å². The number of amides is 1. The van der Waals surface area contributed by atoms with Crippen molar-refractivity contribution in [2.24, 2.45) is 0 Å². The normalized spacial score (nSPS) is 14.7. The number of carbonyl (C=O) groups excluding carboxylic acids is 1. The highest BCUT2D eigenvalue weighted by atomic mass is 79.9. The fourth-order valence-electron chi connectivity index (χ4n) is 1.77. The minimum atomic E-state index is -0.141. The second kappa shape index (κ2) is 5.27. The molecule has 5 heteroatoms. The molecule has 1 aromatic rings. The molecule has 0 aromatic heterocycles. The fraction of sp³-hybridized carbons (Fsp3) is 0.417. The van der Waals surface area contributed by atoms with Gasteiger partial charge in [0.1, 0.15) is 5.75 Å². The molecule has 1 aliphatic rings. The molecule has 0 radical (unpaired) electrons. The number of hydrogen-bond acceptors (Lipinski definition) is 2. The average molecular weight is 319 g/mol. The third-order valence-electron chi connectivity index (χ3n) is 2.76. The van der Waals surface area contributed by atoms with Gasteiger partial charge in [0.15, 0.2) is 0 Å². The molecule has 0 bridgehead atoms. The summed E-state index contributed by atoms with van der Waals surface area (Å²) in [6.45, 7) is 0.528. The molecule has 2 rings (SSSR count). The van der Waals surface area contributed by atoms with Crippen molar-refractivity contribution >= 4 is 33.4 Å². The zero-order valence-corrected chi connectivity index (χ0v) is 11.5. The molecule has 0 unspecified atom stereocenters. The number of carbonyl (C=O) groups is 1. The van der Waals surface area contributed by atoms with Crippen LogP contribution in [-0.2, 0) is 0 Å². The van der Waals surface area contributed by atoms with Crippen LogP contribution in [0.3, 0.4) is 0 Å². The van der Waals surface area contributed by atoms with Gasteiger partial charge in [0.2, 0.25) is 0 Å². The molecule has 1 fully saturated rings. The molecule has 1 amide bonds. The lowest BCUT2D eigenvalue weighted by Crippen LogP contribution is -2.34. The molecule has 17 heavy (non-hydrogen) atoms. The second-order valence-corrected chi connectivity index (χ2v) is 5.37. The van der Waals surface area contributed by atoms with E-state index in [0.717, 1.165) is 17.3 Å². The molecule has 1 aromatic carbocycles. The predicted molar refractivity (Wildman–Crippen MR) is 70.6 cm³/mol. The standard InChI is InChI=1S/C12H13BrClNO2/c13-8-1-4-10(11(16)7-8)12(17)15(6-5-14)9-2-3-9/h1,4,7,9,16H,2-3,5-6H2. The number of phenols is 1. The largest absolute Gasteiger partial charge is 0.507 e. The van der Waals surface area contributed by atoms with E-state index in [1.165, 1.54) is 6.07 Å². The van der Waals surface area contributed by atoms with Gasteiger partial charge in [-0.05, 0) is 31.0 Å². The monoisotopic (exact) mass is 317 g/mol. The topological polar surface area (TPSA) is 40.5 Å².